The van der Waals surface area contributed by atoms with Crippen LogP contribution >= 0.6 is 11.3 Å². The van der Waals surface area contributed by atoms with Crippen molar-refractivity contribution >= 4 is 33.1 Å². The van der Waals surface area contributed by atoms with Gasteiger partial charge in [0.15, 0.2) is 0 Å². The lowest BCUT2D eigenvalue weighted by Gasteiger charge is -2.06. The summed E-state index contributed by atoms with van der Waals surface area (Å²) in [6.07, 6.45) is 6.41. The fourth-order valence-electron chi connectivity index (χ4n) is 2.96. The Hall–Kier alpha value is -2.20. The van der Waals surface area contributed by atoms with E-state index < -0.39 is 0 Å². The van der Waals surface area contributed by atoms with Crippen molar-refractivity contribution in [1.82, 2.24) is 4.98 Å². The Bertz CT molecular complexity index is 867. The molecule has 26 heavy (non-hydrogen) atoms. The summed E-state index contributed by atoms with van der Waals surface area (Å²) in [6.45, 7) is 4.30. The fourth-order valence-corrected chi connectivity index (χ4v) is 4.03. The number of thiazole rings is 1. The number of anilines is 1. The third kappa shape index (κ3) is 4.92. The number of rotatable bonds is 8. The smallest absolute Gasteiger partial charge is 0.224 e. The molecule has 1 N–H and O–H groups in total. The molecule has 4 heteroatoms. The molecule has 2 aromatic carbocycles. The summed E-state index contributed by atoms with van der Waals surface area (Å²) in [4.78, 5) is 16.7. The SMILES string of the molecule is CCCCCCCC(=O)Nc1ccc(-c2nc3ccc(C)cc3s2)cc1. The van der Waals surface area contributed by atoms with E-state index in [4.69, 9.17) is 4.98 Å². The number of carbonyl (C=O) groups is 1. The fraction of sp³-hybridized carbons (Fsp3) is 0.364. The second kappa shape index (κ2) is 8.95. The molecular weight excluding hydrogens is 340 g/mol. The van der Waals surface area contributed by atoms with Crippen molar-refractivity contribution in [3.63, 3.8) is 0 Å². The van der Waals surface area contributed by atoms with Crippen LogP contribution in [0.3, 0.4) is 0 Å². The summed E-state index contributed by atoms with van der Waals surface area (Å²) in [5.74, 6) is 0.102. The van der Waals surface area contributed by atoms with Crippen LogP contribution in [-0.2, 0) is 4.79 Å². The van der Waals surface area contributed by atoms with Crippen LogP contribution < -0.4 is 5.32 Å². The van der Waals surface area contributed by atoms with E-state index in [0.717, 1.165) is 34.6 Å². The van der Waals surface area contributed by atoms with E-state index in [-0.39, 0.29) is 5.91 Å². The topological polar surface area (TPSA) is 42.0 Å². The van der Waals surface area contributed by atoms with Crippen LogP contribution in [0.25, 0.3) is 20.8 Å². The zero-order valence-electron chi connectivity index (χ0n) is 15.5. The van der Waals surface area contributed by atoms with E-state index in [1.54, 1.807) is 11.3 Å². The summed E-state index contributed by atoms with van der Waals surface area (Å²) in [5, 5.41) is 4.00. The van der Waals surface area contributed by atoms with Crippen molar-refractivity contribution in [2.45, 2.75) is 52.4 Å². The predicted molar refractivity (Wildman–Crippen MR) is 112 cm³/mol. The van der Waals surface area contributed by atoms with Crippen LogP contribution in [-0.4, -0.2) is 10.9 Å². The lowest BCUT2D eigenvalue weighted by molar-refractivity contribution is -0.116. The molecule has 0 aliphatic heterocycles. The average molecular weight is 367 g/mol. The summed E-state index contributed by atoms with van der Waals surface area (Å²) in [6, 6.07) is 14.3. The Labute approximate surface area is 159 Å². The van der Waals surface area contributed by atoms with E-state index in [1.165, 1.54) is 29.5 Å². The number of carbonyl (C=O) groups excluding carboxylic acids is 1. The molecule has 0 saturated carbocycles. The van der Waals surface area contributed by atoms with Gasteiger partial charge in [-0.15, -0.1) is 11.3 Å². The summed E-state index contributed by atoms with van der Waals surface area (Å²) in [7, 11) is 0. The second-order valence-electron chi connectivity index (χ2n) is 6.78. The van der Waals surface area contributed by atoms with Gasteiger partial charge in [-0.25, -0.2) is 4.98 Å². The number of nitrogens with zero attached hydrogens (tertiary/aromatic N) is 1. The van der Waals surface area contributed by atoms with Gasteiger partial charge in [0.05, 0.1) is 10.2 Å². The molecule has 1 amide bonds. The molecule has 1 aromatic heterocycles. The first-order chi connectivity index (χ1) is 12.7. The van der Waals surface area contributed by atoms with Gasteiger partial charge in [-0.3, -0.25) is 4.79 Å². The molecule has 0 aliphatic carbocycles. The molecule has 0 spiro atoms. The number of nitrogens with one attached hydrogen (secondary N) is 1. The summed E-state index contributed by atoms with van der Waals surface area (Å²) < 4.78 is 1.21. The molecule has 136 valence electrons. The Morgan fingerprint density at radius 2 is 1.81 bits per heavy atom. The number of unbranched alkanes of at least 4 members (excludes halogenated alkanes) is 4. The van der Waals surface area contributed by atoms with Gasteiger partial charge in [-0.05, 0) is 55.3 Å². The highest BCUT2D eigenvalue weighted by atomic mass is 32.1. The van der Waals surface area contributed by atoms with Crippen LogP contribution in [0.4, 0.5) is 5.69 Å². The van der Waals surface area contributed by atoms with Crippen LogP contribution in [0.1, 0.15) is 51.0 Å². The molecule has 3 rings (SSSR count). The molecule has 0 fully saturated rings. The van der Waals surface area contributed by atoms with Crippen molar-refractivity contribution in [2.24, 2.45) is 0 Å². The highest BCUT2D eigenvalue weighted by Crippen LogP contribution is 2.31. The highest BCUT2D eigenvalue weighted by molar-refractivity contribution is 7.21. The molecule has 1 heterocycles. The summed E-state index contributed by atoms with van der Waals surface area (Å²) >= 11 is 1.70. The molecule has 0 radical (unpaired) electrons. The van der Waals surface area contributed by atoms with Gasteiger partial charge in [0.2, 0.25) is 5.91 Å². The molecule has 0 aliphatic rings. The Balaban J connectivity index is 1.58. The third-order valence-corrected chi connectivity index (χ3v) is 5.53. The lowest BCUT2D eigenvalue weighted by atomic mass is 10.1. The minimum Gasteiger partial charge on any atom is -0.326 e. The predicted octanol–water partition coefficient (Wildman–Crippen LogP) is 6.57. The molecule has 3 nitrogen and oxygen atoms in total. The normalized spacial score (nSPS) is 11.0. The van der Waals surface area contributed by atoms with E-state index >= 15 is 0 Å². The average Bonchev–Trinajstić information content (AvgIpc) is 3.05. The number of amides is 1. The maximum absolute atomic E-state index is 12.0. The van der Waals surface area contributed by atoms with Crippen LogP contribution in [0.15, 0.2) is 42.5 Å². The van der Waals surface area contributed by atoms with Crippen molar-refractivity contribution in [3.05, 3.63) is 48.0 Å². The van der Waals surface area contributed by atoms with E-state index in [0.29, 0.717) is 6.42 Å². The first kappa shape index (κ1) is 18.6. The van der Waals surface area contributed by atoms with Crippen molar-refractivity contribution in [1.29, 1.82) is 0 Å². The number of aromatic nitrogens is 1. The third-order valence-electron chi connectivity index (χ3n) is 4.47. The lowest BCUT2D eigenvalue weighted by Crippen LogP contribution is -2.10. The maximum Gasteiger partial charge on any atom is 0.224 e. The molecular formula is C22H26N2OS. The van der Waals surface area contributed by atoms with Crippen LogP contribution in [0.2, 0.25) is 0 Å². The van der Waals surface area contributed by atoms with E-state index in [1.807, 2.05) is 24.3 Å². The van der Waals surface area contributed by atoms with Crippen LogP contribution in [0, 0.1) is 6.92 Å². The zero-order chi connectivity index (χ0) is 18.4. The van der Waals surface area contributed by atoms with Gasteiger partial charge in [0, 0.05) is 17.7 Å². The Morgan fingerprint density at radius 1 is 1.04 bits per heavy atom. The molecule has 3 aromatic rings. The Morgan fingerprint density at radius 3 is 2.58 bits per heavy atom. The van der Waals surface area contributed by atoms with Gasteiger partial charge in [-0.2, -0.15) is 0 Å². The molecule has 0 saturated heterocycles. The standard InChI is InChI=1S/C22H26N2OS/c1-3-4-5-6-7-8-21(25)23-18-12-10-17(11-13-18)22-24-19-14-9-16(2)15-20(19)26-22/h9-15H,3-8H2,1-2H3,(H,23,25). The molecule has 0 bridgehead atoms. The highest BCUT2D eigenvalue weighted by Gasteiger charge is 2.07. The minimum absolute atomic E-state index is 0.102. The number of aryl methyl sites for hydroxylation is 1. The van der Waals surface area contributed by atoms with Gasteiger partial charge >= 0.3 is 0 Å². The summed E-state index contributed by atoms with van der Waals surface area (Å²) in [5.41, 5.74) is 4.22. The van der Waals surface area contributed by atoms with Gasteiger partial charge in [-0.1, -0.05) is 38.7 Å². The molecule has 0 unspecified atom stereocenters. The van der Waals surface area contributed by atoms with E-state index in [2.05, 4.69) is 37.4 Å². The first-order valence-corrected chi connectivity index (χ1v) is 10.2. The van der Waals surface area contributed by atoms with E-state index in [9.17, 15) is 4.79 Å². The monoisotopic (exact) mass is 366 g/mol. The first-order valence-electron chi connectivity index (χ1n) is 9.43. The Kier molecular flexibility index (Phi) is 6.40. The second-order valence-corrected chi connectivity index (χ2v) is 7.81. The maximum atomic E-state index is 12.0. The van der Waals surface area contributed by atoms with Gasteiger partial charge in [0.1, 0.15) is 5.01 Å². The molecule has 0 atom stereocenters. The zero-order valence-corrected chi connectivity index (χ0v) is 16.4. The quantitative estimate of drug-likeness (QED) is 0.458. The van der Waals surface area contributed by atoms with Crippen molar-refractivity contribution < 1.29 is 4.79 Å². The van der Waals surface area contributed by atoms with Crippen molar-refractivity contribution in [2.75, 3.05) is 5.32 Å². The minimum atomic E-state index is 0.102. The van der Waals surface area contributed by atoms with Gasteiger partial charge < -0.3 is 5.32 Å². The van der Waals surface area contributed by atoms with Crippen molar-refractivity contribution in [3.8, 4) is 10.6 Å². The van der Waals surface area contributed by atoms with Gasteiger partial charge in [0.25, 0.3) is 0 Å². The number of hydrogen-bond donors (Lipinski definition) is 1. The number of hydrogen-bond acceptors (Lipinski definition) is 3. The number of benzene rings is 2. The largest absolute Gasteiger partial charge is 0.326 e. The van der Waals surface area contributed by atoms with Crippen LogP contribution in [0.5, 0.6) is 0 Å². The number of fused-ring (bicyclic) bond motifs is 1.